The van der Waals surface area contributed by atoms with Gasteiger partial charge in [-0.3, -0.25) is 0 Å². The molecule has 0 aromatic rings. The molecule has 0 spiro atoms. The lowest BCUT2D eigenvalue weighted by Gasteiger charge is -2.35. The first-order valence-corrected chi connectivity index (χ1v) is 5.98. The summed E-state index contributed by atoms with van der Waals surface area (Å²) in [7, 11) is 0. The van der Waals surface area contributed by atoms with Crippen molar-refractivity contribution in [1.29, 1.82) is 0 Å². The molecule has 0 saturated carbocycles. The Bertz CT molecular complexity index is 206. The average Bonchev–Trinajstić information content (AvgIpc) is 1.94. The van der Waals surface area contributed by atoms with Crippen LogP contribution in [0.15, 0.2) is 12.3 Å². The smallest absolute Gasteiger partial charge is 0.0167 e. The summed E-state index contributed by atoms with van der Waals surface area (Å²) in [6.07, 6.45) is 1.16. The van der Waals surface area contributed by atoms with Crippen LogP contribution < -0.4 is 5.32 Å². The van der Waals surface area contributed by atoms with Gasteiger partial charge in [-0.1, -0.05) is 55.0 Å². The molecule has 15 heavy (non-hydrogen) atoms. The second-order valence-electron chi connectivity index (χ2n) is 6.87. The molecule has 0 atom stereocenters. The second-order valence-corrected chi connectivity index (χ2v) is 6.87. The highest BCUT2D eigenvalue weighted by Gasteiger charge is 2.27. The molecule has 0 bridgehead atoms. The van der Waals surface area contributed by atoms with Gasteiger partial charge >= 0.3 is 0 Å². The van der Waals surface area contributed by atoms with E-state index < -0.39 is 0 Å². The molecule has 1 N–H and O–H groups in total. The van der Waals surface area contributed by atoms with Crippen LogP contribution in [0.4, 0.5) is 0 Å². The van der Waals surface area contributed by atoms with E-state index >= 15 is 0 Å². The average molecular weight is 211 g/mol. The first-order valence-electron chi connectivity index (χ1n) is 5.98. The lowest BCUT2D eigenvalue weighted by Crippen LogP contribution is -2.31. The Kier molecular flexibility index (Phi) is 4.89. The van der Waals surface area contributed by atoms with Crippen molar-refractivity contribution in [3.05, 3.63) is 12.3 Å². The van der Waals surface area contributed by atoms with Crippen molar-refractivity contribution in [2.24, 2.45) is 16.7 Å². The van der Waals surface area contributed by atoms with Crippen LogP contribution in [0.25, 0.3) is 0 Å². The summed E-state index contributed by atoms with van der Waals surface area (Å²) in [5.74, 6) is 0.673. The standard InChI is InChI=1S/C14H29N/c1-11(2)9-15-12(3)14(7,8)10-13(4,5)6/h11,15H,3,9-10H2,1-2,4-8H3. The van der Waals surface area contributed by atoms with Crippen molar-refractivity contribution < 1.29 is 0 Å². The van der Waals surface area contributed by atoms with Gasteiger partial charge in [-0.05, 0) is 17.8 Å². The molecule has 1 heteroatoms. The van der Waals surface area contributed by atoms with E-state index in [2.05, 4.69) is 60.4 Å². The van der Waals surface area contributed by atoms with Crippen molar-refractivity contribution in [3.63, 3.8) is 0 Å². The molecule has 0 radical (unpaired) electrons. The number of rotatable bonds is 5. The maximum atomic E-state index is 4.17. The highest BCUT2D eigenvalue weighted by atomic mass is 14.9. The first kappa shape index (κ1) is 14.5. The van der Waals surface area contributed by atoms with Crippen LogP contribution in [0.2, 0.25) is 0 Å². The Morgan fingerprint density at radius 1 is 1.13 bits per heavy atom. The first-order chi connectivity index (χ1) is 6.54. The van der Waals surface area contributed by atoms with E-state index in [4.69, 9.17) is 0 Å². The van der Waals surface area contributed by atoms with Crippen molar-refractivity contribution in [2.45, 2.75) is 54.9 Å². The Hall–Kier alpha value is -0.460. The molecule has 0 aromatic carbocycles. The molecular formula is C14H29N. The van der Waals surface area contributed by atoms with Gasteiger partial charge in [-0.15, -0.1) is 0 Å². The maximum Gasteiger partial charge on any atom is 0.0167 e. The molecular weight excluding hydrogens is 182 g/mol. The van der Waals surface area contributed by atoms with E-state index in [1.54, 1.807) is 0 Å². The largest absolute Gasteiger partial charge is 0.388 e. The lowest BCUT2D eigenvalue weighted by atomic mass is 9.74. The zero-order chi connectivity index (χ0) is 12.3. The van der Waals surface area contributed by atoms with E-state index in [1.165, 1.54) is 5.70 Å². The van der Waals surface area contributed by atoms with E-state index in [1.807, 2.05) is 0 Å². The number of hydrogen-bond acceptors (Lipinski definition) is 1. The van der Waals surface area contributed by atoms with Crippen LogP contribution in [0.1, 0.15) is 54.9 Å². The van der Waals surface area contributed by atoms with Crippen molar-refractivity contribution in [1.82, 2.24) is 5.32 Å². The van der Waals surface area contributed by atoms with Crippen LogP contribution in [0, 0.1) is 16.7 Å². The van der Waals surface area contributed by atoms with Crippen LogP contribution in [-0.2, 0) is 0 Å². The third kappa shape index (κ3) is 6.59. The summed E-state index contributed by atoms with van der Waals surface area (Å²) in [6.45, 7) is 21.0. The fourth-order valence-corrected chi connectivity index (χ4v) is 2.00. The van der Waals surface area contributed by atoms with Crippen LogP contribution in [0.3, 0.4) is 0 Å². The molecule has 0 fully saturated rings. The predicted molar refractivity (Wildman–Crippen MR) is 69.8 cm³/mol. The zero-order valence-electron chi connectivity index (χ0n) is 11.7. The SMILES string of the molecule is C=C(NCC(C)C)C(C)(C)CC(C)(C)C. The van der Waals surface area contributed by atoms with Gasteiger partial charge in [0.15, 0.2) is 0 Å². The van der Waals surface area contributed by atoms with E-state index in [-0.39, 0.29) is 5.41 Å². The van der Waals surface area contributed by atoms with Gasteiger partial charge in [-0.25, -0.2) is 0 Å². The van der Waals surface area contributed by atoms with Gasteiger partial charge < -0.3 is 5.32 Å². The van der Waals surface area contributed by atoms with Gasteiger partial charge in [0.1, 0.15) is 0 Å². The van der Waals surface area contributed by atoms with Crippen LogP contribution in [0.5, 0.6) is 0 Å². The summed E-state index contributed by atoms with van der Waals surface area (Å²) in [5, 5.41) is 3.45. The Morgan fingerprint density at radius 3 is 1.93 bits per heavy atom. The predicted octanol–water partition coefficient (Wildman–Crippen LogP) is 4.21. The quantitative estimate of drug-likeness (QED) is 0.718. The molecule has 0 aliphatic carbocycles. The molecule has 1 nitrogen and oxygen atoms in total. The minimum atomic E-state index is 0.174. The maximum absolute atomic E-state index is 4.17. The molecule has 0 rings (SSSR count). The normalized spacial score (nSPS) is 13.1. The minimum Gasteiger partial charge on any atom is -0.388 e. The molecule has 0 aliphatic heterocycles. The third-order valence-electron chi connectivity index (χ3n) is 2.51. The fraction of sp³-hybridized carbons (Fsp3) is 0.857. The number of nitrogens with one attached hydrogen (secondary N) is 1. The molecule has 0 unspecified atom stereocenters. The van der Waals surface area contributed by atoms with Crippen molar-refractivity contribution >= 4 is 0 Å². The second kappa shape index (κ2) is 5.05. The van der Waals surface area contributed by atoms with Gasteiger partial charge in [0.25, 0.3) is 0 Å². The highest BCUT2D eigenvalue weighted by molar-refractivity contribution is 5.05. The molecule has 90 valence electrons. The molecule has 0 heterocycles. The Balaban J connectivity index is 4.27. The molecule has 0 aliphatic rings. The molecule has 0 aromatic heterocycles. The fourth-order valence-electron chi connectivity index (χ4n) is 2.00. The van der Waals surface area contributed by atoms with E-state index in [0.29, 0.717) is 11.3 Å². The van der Waals surface area contributed by atoms with Gasteiger partial charge in [0, 0.05) is 17.7 Å². The number of allylic oxidation sites excluding steroid dienone is 1. The summed E-state index contributed by atoms with van der Waals surface area (Å²) in [5.41, 5.74) is 1.70. The van der Waals surface area contributed by atoms with Gasteiger partial charge in [-0.2, -0.15) is 0 Å². The van der Waals surface area contributed by atoms with Gasteiger partial charge in [0.05, 0.1) is 0 Å². The van der Waals surface area contributed by atoms with Crippen molar-refractivity contribution in [2.75, 3.05) is 6.54 Å². The van der Waals surface area contributed by atoms with E-state index in [0.717, 1.165) is 13.0 Å². The molecule has 0 amide bonds. The minimum absolute atomic E-state index is 0.174. The highest BCUT2D eigenvalue weighted by Crippen LogP contribution is 2.36. The summed E-state index contributed by atoms with van der Waals surface area (Å²) in [6, 6.07) is 0. The Morgan fingerprint density at radius 2 is 1.60 bits per heavy atom. The molecule has 0 saturated heterocycles. The summed E-state index contributed by atoms with van der Waals surface area (Å²) < 4.78 is 0. The van der Waals surface area contributed by atoms with Crippen molar-refractivity contribution in [3.8, 4) is 0 Å². The summed E-state index contributed by atoms with van der Waals surface area (Å²) >= 11 is 0. The Labute approximate surface area is 96.3 Å². The zero-order valence-corrected chi connectivity index (χ0v) is 11.7. The lowest BCUT2D eigenvalue weighted by molar-refractivity contribution is 0.239. The van der Waals surface area contributed by atoms with Gasteiger partial charge in [0.2, 0.25) is 0 Å². The van der Waals surface area contributed by atoms with Crippen LogP contribution >= 0.6 is 0 Å². The monoisotopic (exact) mass is 211 g/mol. The topological polar surface area (TPSA) is 12.0 Å². The number of hydrogen-bond donors (Lipinski definition) is 1. The van der Waals surface area contributed by atoms with E-state index in [9.17, 15) is 0 Å². The third-order valence-corrected chi connectivity index (χ3v) is 2.51. The summed E-state index contributed by atoms with van der Waals surface area (Å²) in [4.78, 5) is 0. The van der Waals surface area contributed by atoms with Crippen LogP contribution in [-0.4, -0.2) is 6.54 Å².